The molecular formula is C17H16FN5O2S. The number of nitrogens with zero attached hydrogens (tertiary/aromatic N) is 3. The van der Waals surface area contributed by atoms with Gasteiger partial charge in [0.1, 0.15) is 11.6 Å². The average Bonchev–Trinajstić information content (AvgIpc) is 2.54. The van der Waals surface area contributed by atoms with Gasteiger partial charge in [-0.25, -0.2) is 27.8 Å². The van der Waals surface area contributed by atoms with Crippen LogP contribution in [-0.2, 0) is 9.84 Å². The van der Waals surface area contributed by atoms with Gasteiger partial charge < -0.3 is 11.5 Å². The van der Waals surface area contributed by atoms with E-state index in [0.29, 0.717) is 22.6 Å². The van der Waals surface area contributed by atoms with E-state index in [2.05, 4.69) is 15.0 Å². The predicted molar refractivity (Wildman–Crippen MR) is 97.3 cm³/mol. The second-order valence-electron chi connectivity index (χ2n) is 5.78. The number of pyridine rings is 1. The summed E-state index contributed by atoms with van der Waals surface area (Å²) in [6.07, 6.45) is 2.54. The first-order valence-electron chi connectivity index (χ1n) is 7.53. The van der Waals surface area contributed by atoms with Gasteiger partial charge in [0, 0.05) is 29.1 Å². The third kappa shape index (κ3) is 3.33. The van der Waals surface area contributed by atoms with Crippen molar-refractivity contribution in [3.63, 3.8) is 0 Å². The summed E-state index contributed by atoms with van der Waals surface area (Å²) in [5.74, 6) is -0.403. The van der Waals surface area contributed by atoms with Crippen LogP contribution in [0.25, 0.3) is 22.4 Å². The smallest absolute Gasteiger partial charge is 0.220 e. The van der Waals surface area contributed by atoms with Crippen molar-refractivity contribution in [2.75, 3.05) is 17.7 Å². The molecule has 0 atom stereocenters. The van der Waals surface area contributed by atoms with Crippen molar-refractivity contribution in [2.24, 2.45) is 0 Å². The molecule has 1 aromatic carbocycles. The normalized spacial score (nSPS) is 11.5. The highest BCUT2D eigenvalue weighted by Crippen LogP contribution is 2.35. The van der Waals surface area contributed by atoms with Crippen LogP contribution >= 0.6 is 0 Å². The number of halogens is 1. The second kappa shape index (κ2) is 6.34. The largest absolute Gasteiger partial charge is 0.384 e. The lowest BCUT2D eigenvalue weighted by atomic mass is 9.99. The number of sulfone groups is 1. The van der Waals surface area contributed by atoms with E-state index < -0.39 is 15.7 Å². The summed E-state index contributed by atoms with van der Waals surface area (Å²) in [5, 5.41) is 0. The SMILES string of the molecule is Cc1nc(N)nc(-c2ccc(S(C)(=O)=O)cc2F)c1-c1ccc(N)nc1. The molecule has 0 radical (unpaired) electrons. The molecule has 0 unspecified atom stereocenters. The minimum atomic E-state index is -3.53. The van der Waals surface area contributed by atoms with Crippen molar-refractivity contribution >= 4 is 21.6 Å². The minimum absolute atomic E-state index is 0.0174. The number of aryl methyl sites for hydroxylation is 1. The fraction of sp³-hybridized carbons (Fsp3) is 0.118. The van der Waals surface area contributed by atoms with Crippen LogP contribution < -0.4 is 11.5 Å². The van der Waals surface area contributed by atoms with Crippen LogP contribution in [0.4, 0.5) is 16.2 Å². The molecule has 4 N–H and O–H groups in total. The van der Waals surface area contributed by atoms with E-state index in [4.69, 9.17) is 11.5 Å². The summed E-state index contributed by atoms with van der Waals surface area (Å²) in [4.78, 5) is 12.2. The van der Waals surface area contributed by atoms with Crippen LogP contribution in [0.3, 0.4) is 0 Å². The Labute approximate surface area is 149 Å². The number of nitrogens with two attached hydrogens (primary N) is 2. The lowest BCUT2D eigenvalue weighted by Gasteiger charge is -2.13. The highest BCUT2D eigenvalue weighted by Gasteiger charge is 2.19. The number of nitrogen functional groups attached to an aromatic ring is 2. The molecule has 0 spiro atoms. The summed E-state index contributed by atoms with van der Waals surface area (Å²) in [7, 11) is -3.53. The van der Waals surface area contributed by atoms with Gasteiger partial charge in [-0.15, -0.1) is 0 Å². The van der Waals surface area contributed by atoms with Gasteiger partial charge in [-0.2, -0.15) is 0 Å². The van der Waals surface area contributed by atoms with Gasteiger partial charge in [0.2, 0.25) is 5.95 Å². The Kier molecular flexibility index (Phi) is 4.33. The van der Waals surface area contributed by atoms with Gasteiger partial charge in [-0.05, 0) is 37.3 Å². The summed E-state index contributed by atoms with van der Waals surface area (Å²) >= 11 is 0. The maximum atomic E-state index is 14.7. The third-order valence-corrected chi connectivity index (χ3v) is 4.92. The van der Waals surface area contributed by atoms with Crippen molar-refractivity contribution in [3.05, 3.63) is 48.0 Å². The standard InChI is InChI=1S/C17H16FN5O2S/c1-9-15(10-3-6-14(19)21-8-10)16(23-17(20)22-9)12-5-4-11(7-13(12)18)26(2,24)25/h3-8H,1-2H3,(H2,19,21)(H2,20,22,23). The number of hydrogen-bond donors (Lipinski definition) is 2. The number of aromatic nitrogens is 3. The summed E-state index contributed by atoms with van der Waals surface area (Å²) in [6.45, 7) is 1.72. The molecule has 0 saturated carbocycles. The zero-order chi connectivity index (χ0) is 19.1. The van der Waals surface area contributed by atoms with E-state index >= 15 is 0 Å². The lowest BCUT2D eigenvalue weighted by Crippen LogP contribution is -2.04. The zero-order valence-corrected chi connectivity index (χ0v) is 14.9. The maximum Gasteiger partial charge on any atom is 0.220 e. The number of anilines is 2. The fourth-order valence-electron chi connectivity index (χ4n) is 2.61. The molecule has 0 aliphatic rings. The van der Waals surface area contributed by atoms with Crippen LogP contribution in [0.2, 0.25) is 0 Å². The molecule has 3 rings (SSSR count). The van der Waals surface area contributed by atoms with Crippen LogP contribution in [0.15, 0.2) is 41.4 Å². The van der Waals surface area contributed by atoms with Gasteiger partial charge in [-0.3, -0.25) is 0 Å². The van der Waals surface area contributed by atoms with Gasteiger partial charge in [0.25, 0.3) is 0 Å². The average molecular weight is 373 g/mol. The Balaban J connectivity index is 2.27. The van der Waals surface area contributed by atoms with Crippen molar-refractivity contribution in [2.45, 2.75) is 11.8 Å². The van der Waals surface area contributed by atoms with Crippen LogP contribution in [-0.4, -0.2) is 29.6 Å². The van der Waals surface area contributed by atoms with Gasteiger partial charge in [-0.1, -0.05) is 0 Å². The fourth-order valence-corrected chi connectivity index (χ4v) is 3.24. The molecule has 7 nitrogen and oxygen atoms in total. The molecule has 2 aromatic heterocycles. The predicted octanol–water partition coefficient (Wildman–Crippen LogP) is 2.22. The molecule has 3 aromatic rings. The minimum Gasteiger partial charge on any atom is -0.384 e. The molecule has 0 saturated heterocycles. The van der Waals surface area contributed by atoms with Crippen molar-refractivity contribution in [1.29, 1.82) is 0 Å². The van der Waals surface area contributed by atoms with Gasteiger partial charge in [0.15, 0.2) is 9.84 Å². The first-order chi connectivity index (χ1) is 12.2. The molecule has 0 fully saturated rings. The lowest BCUT2D eigenvalue weighted by molar-refractivity contribution is 0.596. The van der Waals surface area contributed by atoms with E-state index in [-0.39, 0.29) is 22.1 Å². The molecule has 0 amide bonds. The Hall–Kier alpha value is -3.07. The van der Waals surface area contributed by atoms with E-state index in [1.807, 2.05) is 0 Å². The highest BCUT2D eigenvalue weighted by atomic mass is 32.2. The van der Waals surface area contributed by atoms with Crippen LogP contribution in [0.5, 0.6) is 0 Å². The summed E-state index contributed by atoms with van der Waals surface area (Å²) in [5.41, 5.74) is 13.4. The van der Waals surface area contributed by atoms with Crippen molar-refractivity contribution < 1.29 is 12.8 Å². The van der Waals surface area contributed by atoms with Crippen molar-refractivity contribution in [1.82, 2.24) is 15.0 Å². The monoisotopic (exact) mass is 373 g/mol. The zero-order valence-electron chi connectivity index (χ0n) is 14.1. The Morgan fingerprint density at radius 2 is 1.81 bits per heavy atom. The molecule has 2 heterocycles. The number of rotatable bonds is 3. The van der Waals surface area contributed by atoms with E-state index in [1.54, 1.807) is 19.1 Å². The molecule has 9 heteroatoms. The first-order valence-corrected chi connectivity index (χ1v) is 9.42. The Morgan fingerprint density at radius 3 is 2.38 bits per heavy atom. The summed E-state index contributed by atoms with van der Waals surface area (Å²) in [6, 6.07) is 6.98. The second-order valence-corrected chi connectivity index (χ2v) is 7.79. The highest BCUT2D eigenvalue weighted by molar-refractivity contribution is 7.90. The third-order valence-electron chi connectivity index (χ3n) is 3.81. The topological polar surface area (TPSA) is 125 Å². The molecule has 0 aliphatic heterocycles. The maximum absolute atomic E-state index is 14.7. The Bertz CT molecular complexity index is 1100. The van der Waals surface area contributed by atoms with Crippen LogP contribution in [0.1, 0.15) is 5.69 Å². The van der Waals surface area contributed by atoms with Gasteiger partial charge in [0.05, 0.1) is 16.3 Å². The van der Waals surface area contributed by atoms with Crippen LogP contribution in [0, 0.1) is 12.7 Å². The molecule has 26 heavy (non-hydrogen) atoms. The number of benzene rings is 1. The molecule has 0 aliphatic carbocycles. The number of hydrogen-bond acceptors (Lipinski definition) is 7. The van der Waals surface area contributed by atoms with Crippen molar-refractivity contribution in [3.8, 4) is 22.4 Å². The first kappa shape index (κ1) is 17.7. The molecule has 0 bridgehead atoms. The molecule has 134 valence electrons. The van der Waals surface area contributed by atoms with Gasteiger partial charge >= 0.3 is 0 Å². The molecular weight excluding hydrogens is 357 g/mol. The van der Waals surface area contributed by atoms with E-state index in [9.17, 15) is 12.8 Å². The Morgan fingerprint density at radius 1 is 1.08 bits per heavy atom. The quantitative estimate of drug-likeness (QED) is 0.721. The summed E-state index contributed by atoms with van der Waals surface area (Å²) < 4.78 is 37.9. The van der Waals surface area contributed by atoms with E-state index in [0.717, 1.165) is 12.3 Å². The van der Waals surface area contributed by atoms with E-state index in [1.165, 1.54) is 18.3 Å².